The van der Waals surface area contributed by atoms with Crippen molar-refractivity contribution in [3.8, 4) is 0 Å². The van der Waals surface area contributed by atoms with E-state index in [2.05, 4.69) is 5.32 Å². The van der Waals surface area contributed by atoms with Gasteiger partial charge >= 0.3 is 0 Å². The summed E-state index contributed by atoms with van der Waals surface area (Å²) in [5, 5.41) is 3.34. The number of aryl methyl sites for hydroxylation is 1. The molecular weight excluding hydrogens is 248 g/mol. The van der Waals surface area contributed by atoms with Crippen molar-refractivity contribution in [3.05, 3.63) is 58.6 Å². The van der Waals surface area contributed by atoms with Crippen LogP contribution in [-0.2, 0) is 0 Å². The van der Waals surface area contributed by atoms with Crippen molar-refractivity contribution in [1.29, 1.82) is 0 Å². The molecule has 2 aromatic rings. The lowest BCUT2D eigenvalue weighted by Gasteiger charge is -2.09. The van der Waals surface area contributed by atoms with Crippen molar-refractivity contribution in [2.24, 2.45) is 0 Å². The zero-order valence-electron chi connectivity index (χ0n) is 9.91. The van der Waals surface area contributed by atoms with Crippen LogP contribution in [0.25, 0.3) is 0 Å². The zero-order chi connectivity index (χ0) is 13.1. The first-order valence-electron chi connectivity index (χ1n) is 5.50. The molecule has 4 heteroatoms. The van der Waals surface area contributed by atoms with E-state index in [1.807, 2.05) is 31.2 Å². The average molecular weight is 261 g/mol. The summed E-state index contributed by atoms with van der Waals surface area (Å²) in [5.41, 5.74) is 8.33. The molecular formula is C14H13ClN2O. The molecule has 0 bridgehead atoms. The Morgan fingerprint density at radius 2 is 1.94 bits per heavy atom. The minimum absolute atomic E-state index is 0.238. The molecule has 2 aromatic carbocycles. The van der Waals surface area contributed by atoms with E-state index >= 15 is 0 Å². The molecule has 0 aliphatic rings. The molecule has 0 atom stereocenters. The minimum atomic E-state index is -0.238. The average Bonchev–Trinajstić information content (AvgIpc) is 2.32. The Balaban J connectivity index is 2.25. The Bertz CT molecular complexity index is 596. The van der Waals surface area contributed by atoms with Gasteiger partial charge in [0.05, 0.1) is 5.56 Å². The number of nitrogen functional groups attached to an aromatic ring is 1. The van der Waals surface area contributed by atoms with Gasteiger partial charge in [-0.2, -0.15) is 0 Å². The van der Waals surface area contributed by atoms with Crippen molar-refractivity contribution in [3.63, 3.8) is 0 Å². The van der Waals surface area contributed by atoms with Crippen LogP contribution in [0.3, 0.4) is 0 Å². The van der Waals surface area contributed by atoms with Gasteiger partial charge in [-0.1, -0.05) is 29.8 Å². The van der Waals surface area contributed by atoms with Gasteiger partial charge in [0, 0.05) is 16.4 Å². The molecule has 2 rings (SSSR count). The monoisotopic (exact) mass is 260 g/mol. The minimum Gasteiger partial charge on any atom is -0.398 e. The van der Waals surface area contributed by atoms with Crippen LogP contribution in [0, 0.1) is 6.92 Å². The maximum Gasteiger partial charge on any atom is 0.257 e. The number of carbonyl (C=O) groups is 1. The number of nitrogens with two attached hydrogens (primary N) is 1. The van der Waals surface area contributed by atoms with Crippen LogP contribution >= 0.6 is 11.6 Å². The Morgan fingerprint density at radius 1 is 1.22 bits per heavy atom. The van der Waals surface area contributed by atoms with Crippen molar-refractivity contribution in [1.82, 2.24) is 0 Å². The van der Waals surface area contributed by atoms with Crippen molar-refractivity contribution in [2.45, 2.75) is 6.92 Å². The fourth-order valence-electron chi connectivity index (χ4n) is 1.64. The molecule has 1 amide bonds. The highest BCUT2D eigenvalue weighted by Crippen LogP contribution is 2.20. The Hall–Kier alpha value is -2.00. The molecule has 0 saturated heterocycles. The molecule has 92 valence electrons. The van der Waals surface area contributed by atoms with Crippen LogP contribution in [0.4, 0.5) is 11.4 Å². The molecule has 0 radical (unpaired) electrons. The van der Waals surface area contributed by atoms with Gasteiger partial charge in [-0.05, 0) is 36.8 Å². The molecule has 18 heavy (non-hydrogen) atoms. The maximum atomic E-state index is 12.1. The fourth-order valence-corrected chi connectivity index (χ4v) is 1.82. The number of amides is 1. The Morgan fingerprint density at radius 3 is 2.61 bits per heavy atom. The number of para-hydroxylation sites is 1. The molecule has 0 aromatic heterocycles. The number of anilines is 2. The van der Waals surface area contributed by atoms with E-state index in [0.29, 0.717) is 16.3 Å². The highest BCUT2D eigenvalue weighted by atomic mass is 35.5. The van der Waals surface area contributed by atoms with E-state index in [4.69, 9.17) is 17.3 Å². The molecule has 3 nitrogen and oxygen atoms in total. The van der Waals surface area contributed by atoms with Gasteiger partial charge in [0.15, 0.2) is 0 Å². The predicted octanol–water partition coefficient (Wildman–Crippen LogP) is 3.48. The van der Waals surface area contributed by atoms with Crippen LogP contribution in [0.1, 0.15) is 15.9 Å². The highest BCUT2D eigenvalue weighted by Gasteiger charge is 2.10. The lowest BCUT2D eigenvalue weighted by atomic mass is 10.1. The summed E-state index contributed by atoms with van der Waals surface area (Å²) >= 11 is 5.80. The van der Waals surface area contributed by atoms with Gasteiger partial charge < -0.3 is 11.1 Å². The third-order valence-corrected chi connectivity index (χ3v) is 2.89. The third kappa shape index (κ3) is 2.63. The highest BCUT2D eigenvalue weighted by molar-refractivity contribution is 6.31. The standard InChI is InChI=1S/C14H13ClN2O/c1-9-4-2-3-5-13(9)17-14(18)11-7-6-10(15)8-12(11)16/h2-8H,16H2,1H3,(H,17,18). The molecule has 0 spiro atoms. The van der Waals surface area contributed by atoms with Crippen LogP contribution in [0.2, 0.25) is 5.02 Å². The number of halogens is 1. The fraction of sp³-hybridized carbons (Fsp3) is 0.0714. The van der Waals surface area contributed by atoms with Crippen LogP contribution in [0.15, 0.2) is 42.5 Å². The van der Waals surface area contributed by atoms with Gasteiger partial charge in [0.25, 0.3) is 5.91 Å². The lowest BCUT2D eigenvalue weighted by Crippen LogP contribution is -2.14. The summed E-state index contributed by atoms with van der Waals surface area (Å²) in [7, 11) is 0. The van der Waals surface area contributed by atoms with Gasteiger partial charge in [-0.3, -0.25) is 4.79 Å². The summed E-state index contributed by atoms with van der Waals surface area (Å²) in [6.45, 7) is 1.93. The summed E-state index contributed by atoms with van der Waals surface area (Å²) in [4.78, 5) is 12.1. The number of carbonyl (C=O) groups excluding carboxylic acids is 1. The van der Waals surface area contributed by atoms with E-state index < -0.39 is 0 Å². The first kappa shape index (κ1) is 12.5. The Labute approximate surface area is 111 Å². The molecule has 0 fully saturated rings. The van der Waals surface area contributed by atoms with E-state index in [9.17, 15) is 4.79 Å². The van der Waals surface area contributed by atoms with Gasteiger partial charge in [-0.15, -0.1) is 0 Å². The van der Waals surface area contributed by atoms with Crippen LogP contribution in [0.5, 0.6) is 0 Å². The van der Waals surface area contributed by atoms with E-state index in [-0.39, 0.29) is 5.91 Å². The van der Waals surface area contributed by atoms with Crippen LogP contribution in [-0.4, -0.2) is 5.91 Å². The summed E-state index contributed by atoms with van der Waals surface area (Å²) in [6, 6.07) is 12.4. The molecule has 0 heterocycles. The molecule has 0 unspecified atom stereocenters. The number of hydrogen-bond acceptors (Lipinski definition) is 2. The topological polar surface area (TPSA) is 55.1 Å². The lowest BCUT2D eigenvalue weighted by molar-refractivity contribution is 0.102. The second kappa shape index (κ2) is 5.10. The predicted molar refractivity (Wildman–Crippen MR) is 75.0 cm³/mol. The normalized spacial score (nSPS) is 10.1. The molecule has 0 saturated carbocycles. The summed E-state index contributed by atoms with van der Waals surface area (Å²) in [6.07, 6.45) is 0. The SMILES string of the molecule is Cc1ccccc1NC(=O)c1ccc(Cl)cc1N. The van der Waals surface area contributed by atoms with Gasteiger partial charge in [0.2, 0.25) is 0 Å². The van der Waals surface area contributed by atoms with E-state index in [0.717, 1.165) is 11.3 Å². The smallest absolute Gasteiger partial charge is 0.257 e. The van der Waals surface area contributed by atoms with Gasteiger partial charge in [0.1, 0.15) is 0 Å². The van der Waals surface area contributed by atoms with Crippen LogP contribution < -0.4 is 11.1 Å². The maximum absolute atomic E-state index is 12.1. The van der Waals surface area contributed by atoms with Crippen molar-refractivity contribution < 1.29 is 4.79 Å². The van der Waals surface area contributed by atoms with Gasteiger partial charge in [-0.25, -0.2) is 0 Å². The number of rotatable bonds is 2. The molecule has 3 N–H and O–H groups in total. The number of nitrogens with one attached hydrogen (secondary N) is 1. The quantitative estimate of drug-likeness (QED) is 0.812. The van der Waals surface area contributed by atoms with Crippen molar-refractivity contribution >= 4 is 28.9 Å². The zero-order valence-corrected chi connectivity index (χ0v) is 10.7. The molecule has 0 aliphatic heterocycles. The second-order valence-corrected chi connectivity index (χ2v) is 4.44. The van der Waals surface area contributed by atoms with E-state index in [1.54, 1.807) is 18.2 Å². The number of hydrogen-bond donors (Lipinski definition) is 2. The third-order valence-electron chi connectivity index (χ3n) is 2.65. The van der Waals surface area contributed by atoms with E-state index in [1.165, 1.54) is 0 Å². The number of benzene rings is 2. The summed E-state index contributed by atoms with van der Waals surface area (Å²) in [5.74, 6) is -0.238. The summed E-state index contributed by atoms with van der Waals surface area (Å²) < 4.78 is 0. The Kier molecular flexibility index (Phi) is 3.53. The van der Waals surface area contributed by atoms with Crippen molar-refractivity contribution in [2.75, 3.05) is 11.1 Å². The largest absolute Gasteiger partial charge is 0.398 e. The molecule has 0 aliphatic carbocycles. The first-order chi connectivity index (χ1) is 8.58. The second-order valence-electron chi connectivity index (χ2n) is 4.00. The first-order valence-corrected chi connectivity index (χ1v) is 5.88.